The van der Waals surface area contributed by atoms with Crippen LogP contribution < -0.4 is 22.1 Å². The molecule has 0 heterocycles. The number of rotatable bonds is 7. The molecule has 1 aromatic rings. The Hall–Kier alpha value is -2.83. The lowest BCUT2D eigenvalue weighted by molar-refractivity contribution is -0.130. The Bertz CT molecular complexity index is 601. The largest absolute Gasteiger partial charge is 0.370 e. The van der Waals surface area contributed by atoms with Crippen molar-refractivity contribution >= 4 is 17.8 Å². The van der Waals surface area contributed by atoms with Gasteiger partial charge >= 0.3 is 0 Å². The predicted molar refractivity (Wildman–Crippen MR) is 90.2 cm³/mol. The van der Waals surface area contributed by atoms with Gasteiger partial charge in [-0.15, -0.1) is 0 Å². The Labute approximate surface area is 135 Å². The van der Waals surface area contributed by atoms with Crippen molar-refractivity contribution in [2.45, 2.75) is 32.5 Å². The lowest BCUT2D eigenvalue weighted by Crippen LogP contribution is -2.54. The van der Waals surface area contributed by atoms with E-state index < -0.39 is 11.4 Å². The van der Waals surface area contributed by atoms with Gasteiger partial charge in [-0.1, -0.05) is 30.8 Å². The number of nitrogens with zero attached hydrogens (tertiary/aromatic N) is 1. The molecular formula is C16H23N5O2. The molecule has 7 heteroatoms. The fourth-order valence-electron chi connectivity index (χ4n) is 1.76. The standard InChI is InChI=1S/C16H23N5O2/c1-4-13(22)21-16(2,3)14(23)19-9-11-5-7-12(8-6-11)10-20-15(17)18/h4-8H,1,9-10H2,2-3H3,(H,19,23)(H,21,22)(H4,17,18,20). The van der Waals surface area contributed by atoms with E-state index in [4.69, 9.17) is 11.5 Å². The molecule has 0 aromatic heterocycles. The molecule has 2 amide bonds. The van der Waals surface area contributed by atoms with Crippen LogP contribution in [0.25, 0.3) is 0 Å². The van der Waals surface area contributed by atoms with Crippen LogP contribution in [0.15, 0.2) is 41.9 Å². The Morgan fingerprint density at radius 2 is 1.78 bits per heavy atom. The van der Waals surface area contributed by atoms with Crippen molar-refractivity contribution in [3.8, 4) is 0 Å². The Balaban J connectivity index is 2.57. The van der Waals surface area contributed by atoms with Crippen LogP contribution in [0.3, 0.4) is 0 Å². The SMILES string of the molecule is C=CC(=O)NC(C)(C)C(=O)NCc1ccc(CN=C(N)N)cc1. The van der Waals surface area contributed by atoms with Gasteiger partial charge in [0.25, 0.3) is 0 Å². The van der Waals surface area contributed by atoms with Crippen LogP contribution in [0.4, 0.5) is 0 Å². The van der Waals surface area contributed by atoms with Gasteiger partial charge in [-0.3, -0.25) is 9.59 Å². The third-order valence-electron chi connectivity index (χ3n) is 3.11. The first-order chi connectivity index (χ1) is 10.7. The summed E-state index contributed by atoms with van der Waals surface area (Å²) in [6.45, 7) is 7.39. The lowest BCUT2D eigenvalue weighted by atomic mass is 10.0. The average molecular weight is 317 g/mol. The fourth-order valence-corrected chi connectivity index (χ4v) is 1.76. The second-order valence-corrected chi connectivity index (χ2v) is 5.56. The van der Waals surface area contributed by atoms with Crippen molar-refractivity contribution in [3.05, 3.63) is 48.0 Å². The summed E-state index contributed by atoms with van der Waals surface area (Å²) in [4.78, 5) is 27.4. The molecular weight excluding hydrogens is 294 g/mol. The lowest BCUT2D eigenvalue weighted by Gasteiger charge is -2.24. The molecule has 0 atom stereocenters. The number of amides is 2. The molecule has 0 spiro atoms. The van der Waals surface area contributed by atoms with Gasteiger partial charge in [0.05, 0.1) is 6.54 Å². The van der Waals surface area contributed by atoms with E-state index >= 15 is 0 Å². The number of carbonyl (C=O) groups excluding carboxylic acids is 2. The van der Waals surface area contributed by atoms with Gasteiger partial charge in [-0.2, -0.15) is 0 Å². The quantitative estimate of drug-likeness (QED) is 0.325. The molecule has 7 nitrogen and oxygen atoms in total. The van der Waals surface area contributed by atoms with E-state index in [1.165, 1.54) is 0 Å². The zero-order valence-electron chi connectivity index (χ0n) is 13.4. The van der Waals surface area contributed by atoms with E-state index in [1.807, 2.05) is 24.3 Å². The summed E-state index contributed by atoms with van der Waals surface area (Å²) in [6.07, 6.45) is 1.13. The Kier molecular flexibility index (Phi) is 6.32. The van der Waals surface area contributed by atoms with Gasteiger partial charge in [-0.05, 0) is 31.1 Å². The summed E-state index contributed by atoms with van der Waals surface area (Å²) >= 11 is 0. The number of benzene rings is 1. The van der Waals surface area contributed by atoms with Crippen molar-refractivity contribution < 1.29 is 9.59 Å². The molecule has 6 N–H and O–H groups in total. The Morgan fingerprint density at radius 3 is 2.30 bits per heavy atom. The second kappa shape index (κ2) is 7.98. The summed E-state index contributed by atoms with van der Waals surface area (Å²) in [6, 6.07) is 7.54. The summed E-state index contributed by atoms with van der Waals surface area (Å²) in [7, 11) is 0. The summed E-state index contributed by atoms with van der Waals surface area (Å²) in [5.74, 6) is -0.628. The van der Waals surface area contributed by atoms with Crippen LogP contribution in [0.5, 0.6) is 0 Å². The predicted octanol–water partition coefficient (Wildman–Crippen LogP) is 0.157. The minimum absolute atomic E-state index is 0.0464. The highest BCUT2D eigenvalue weighted by atomic mass is 16.2. The minimum Gasteiger partial charge on any atom is -0.370 e. The maximum atomic E-state index is 12.1. The first-order valence-corrected chi connectivity index (χ1v) is 7.10. The maximum Gasteiger partial charge on any atom is 0.245 e. The molecule has 23 heavy (non-hydrogen) atoms. The van der Waals surface area contributed by atoms with Crippen LogP contribution in [0, 0.1) is 0 Å². The molecule has 0 aliphatic carbocycles. The maximum absolute atomic E-state index is 12.1. The molecule has 124 valence electrons. The topological polar surface area (TPSA) is 123 Å². The summed E-state index contributed by atoms with van der Waals surface area (Å²) in [5.41, 5.74) is 11.4. The molecule has 0 radical (unpaired) electrons. The van der Waals surface area contributed by atoms with Crippen LogP contribution in [-0.4, -0.2) is 23.3 Å². The highest BCUT2D eigenvalue weighted by molar-refractivity contribution is 5.94. The first-order valence-electron chi connectivity index (χ1n) is 7.10. The van der Waals surface area contributed by atoms with Crippen LogP contribution in [0.2, 0.25) is 0 Å². The fraction of sp³-hybridized carbons (Fsp3) is 0.312. The molecule has 0 fully saturated rings. The summed E-state index contributed by atoms with van der Waals surface area (Å²) in [5, 5.41) is 5.35. The van der Waals surface area contributed by atoms with Gasteiger partial charge in [0.1, 0.15) is 5.54 Å². The van der Waals surface area contributed by atoms with Crippen molar-refractivity contribution in [1.29, 1.82) is 0 Å². The Morgan fingerprint density at radius 1 is 1.22 bits per heavy atom. The van der Waals surface area contributed by atoms with Gasteiger partial charge in [0.15, 0.2) is 5.96 Å². The van der Waals surface area contributed by atoms with Crippen molar-refractivity contribution in [2.75, 3.05) is 0 Å². The van der Waals surface area contributed by atoms with Crippen LogP contribution in [0.1, 0.15) is 25.0 Å². The zero-order valence-corrected chi connectivity index (χ0v) is 13.4. The van der Waals surface area contributed by atoms with Crippen molar-refractivity contribution in [1.82, 2.24) is 10.6 Å². The number of hydrogen-bond acceptors (Lipinski definition) is 3. The van der Waals surface area contributed by atoms with E-state index in [-0.39, 0.29) is 11.9 Å². The van der Waals surface area contributed by atoms with Crippen molar-refractivity contribution in [3.63, 3.8) is 0 Å². The average Bonchev–Trinajstić information content (AvgIpc) is 2.50. The monoisotopic (exact) mass is 317 g/mol. The number of nitrogens with two attached hydrogens (primary N) is 2. The van der Waals surface area contributed by atoms with E-state index in [1.54, 1.807) is 13.8 Å². The molecule has 0 unspecified atom stereocenters. The number of guanidine groups is 1. The normalized spacial score (nSPS) is 10.5. The van der Waals surface area contributed by atoms with Crippen molar-refractivity contribution in [2.24, 2.45) is 16.5 Å². The third-order valence-corrected chi connectivity index (χ3v) is 3.11. The number of aliphatic imine (C=N–C) groups is 1. The van der Waals surface area contributed by atoms with Crippen LogP contribution >= 0.6 is 0 Å². The van der Waals surface area contributed by atoms with E-state index in [9.17, 15) is 9.59 Å². The molecule has 0 bridgehead atoms. The number of carbonyl (C=O) groups is 2. The molecule has 0 saturated carbocycles. The molecule has 0 saturated heterocycles. The minimum atomic E-state index is -1.02. The zero-order chi connectivity index (χ0) is 17.5. The smallest absolute Gasteiger partial charge is 0.245 e. The van der Waals surface area contributed by atoms with E-state index in [2.05, 4.69) is 22.2 Å². The molecule has 0 aliphatic rings. The highest BCUT2D eigenvalue weighted by Crippen LogP contribution is 2.07. The number of hydrogen-bond donors (Lipinski definition) is 4. The highest BCUT2D eigenvalue weighted by Gasteiger charge is 2.28. The molecule has 1 aromatic carbocycles. The van der Waals surface area contributed by atoms with Gasteiger partial charge in [0.2, 0.25) is 11.8 Å². The molecule has 0 aliphatic heterocycles. The van der Waals surface area contributed by atoms with E-state index in [0.717, 1.165) is 17.2 Å². The third kappa shape index (κ3) is 6.21. The summed E-state index contributed by atoms with van der Waals surface area (Å²) < 4.78 is 0. The van der Waals surface area contributed by atoms with E-state index in [0.29, 0.717) is 13.1 Å². The number of nitrogens with one attached hydrogen (secondary N) is 2. The van der Waals surface area contributed by atoms with Gasteiger partial charge in [0, 0.05) is 6.54 Å². The molecule has 1 rings (SSSR count). The van der Waals surface area contributed by atoms with Crippen LogP contribution in [-0.2, 0) is 22.7 Å². The first kappa shape index (κ1) is 18.2. The van der Waals surface area contributed by atoms with Gasteiger partial charge < -0.3 is 22.1 Å². The second-order valence-electron chi connectivity index (χ2n) is 5.56. The van der Waals surface area contributed by atoms with Gasteiger partial charge in [-0.25, -0.2) is 4.99 Å².